The van der Waals surface area contributed by atoms with E-state index >= 15 is 0 Å². The van der Waals surface area contributed by atoms with Crippen LogP contribution in [-0.4, -0.2) is 35.3 Å². The van der Waals surface area contributed by atoms with Crippen LogP contribution in [0.4, 0.5) is 5.82 Å². The zero-order valence-corrected chi connectivity index (χ0v) is 10.7. The Hall–Kier alpha value is -1.68. The molecule has 2 aromatic rings. The van der Waals surface area contributed by atoms with Crippen LogP contribution in [0.2, 0.25) is 0 Å². The van der Waals surface area contributed by atoms with E-state index in [1.54, 1.807) is 0 Å². The number of hydrogen-bond donors (Lipinski definition) is 1. The predicted octanol–water partition coefficient (Wildman–Crippen LogP) is 2.23. The lowest BCUT2D eigenvalue weighted by Crippen LogP contribution is -2.20. The molecule has 4 nitrogen and oxygen atoms in total. The van der Waals surface area contributed by atoms with Crippen molar-refractivity contribution in [1.29, 1.82) is 0 Å². The van der Waals surface area contributed by atoms with Gasteiger partial charge in [-0.3, -0.25) is 4.98 Å². The van der Waals surface area contributed by atoms with E-state index in [2.05, 4.69) is 14.9 Å². The van der Waals surface area contributed by atoms with Crippen LogP contribution in [0.25, 0.3) is 11.0 Å². The van der Waals surface area contributed by atoms with Gasteiger partial charge in [0.05, 0.1) is 17.2 Å². The van der Waals surface area contributed by atoms with Crippen LogP contribution >= 0.6 is 0 Å². The van der Waals surface area contributed by atoms with E-state index in [0.717, 1.165) is 42.7 Å². The van der Waals surface area contributed by atoms with Crippen molar-refractivity contribution in [2.75, 3.05) is 25.1 Å². The monoisotopic (exact) mass is 245 g/mol. The van der Waals surface area contributed by atoms with Crippen molar-refractivity contribution < 1.29 is 5.11 Å². The lowest BCUT2D eigenvalue weighted by molar-refractivity contribution is 0.283. The molecule has 0 saturated heterocycles. The highest BCUT2D eigenvalue weighted by Crippen LogP contribution is 2.14. The van der Waals surface area contributed by atoms with Gasteiger partial charge < -0.3 is 10.0 Å². The number of benzene rings is 1. The van der Waals surface area contributed by atoms with E-state index in [-0.39, 0.29) is 6.61 Å². The number of rotatable bonds is 6. The fourth-order valence-corrected chi connectivity index (χ4v) is 1.88. The molecule has 0 saturated carbocycles. The second-order valence-corrected chi connectivity index (χ2v) is 4.42. The average molecular weight is 245 g/mol. The Balaban J connectivity index is 2.01. The Kier molecular flexibility index (Phi) is 4.47. The highest BCUT2D eigenvalue weighted by molar-refractivity contribution is 5.75. The van der Waals surface area contributed by atoms with Gasteiger partial charge in [-0.15, -0.1) is 0 Å². The third-order valence-corrected chi connectivity index (χ3v) is 2.98. The molecule has 96 valence electrons. The summed E-state index contributed by atoms with van der Waals surface area (Å²) in [7, 11) is 2.03. The highest BCUT2D eigenvalue weighted by Gasteiger charge is 2.04. The zero-order chi connectivity index (χ0) is 12.8. The number of para-hydroxylation sites is 2. The second kappa shape index (κ2) is 6.31. The molecule has 0 atom stereocenters. The topological polar surface area (TPSA) is 49.2 Å². The molecule has 0 aliphatic heterocycles. The molecule has 0 aliphatic carbocycles. The molecule has 0 radical (unpaired) electrons. The minimum Gasteiger partial charge on any atom is -0.396 e. The quantitative estimate of drug-likeness (QED) is 0.793. The molecule has 0 unspecified atom stereocenters. The van der Waals surface area contributed by atoms with E-state index in [0.29, 0.717) is 0 Å². The Bertz CT molecular complexity index is 501. The molecule has 1 aromatic heterocycles. The molecule has 0 amide bonds. The summed E-state index contributed by atoms with van der Waals surface area (Å²) in [4.78, 5) is 11.1. The molecule has 0 spiro atoms. The zero-order valence-electron chi connectivity index (χ0n) is 10.7. The number of aliphatic hydroxyl groups excluding tert-OH is 1. The molecule has 18 heavy (non-hydrogen) atoms. The smallest absolute Gasteiger partial charge is 0.147 e. The number of unbranched alkanes of at least 4 members (excludes halogenated alkanes) is 2. The number of aliphatic hydroxyl groups is 1. The van der Waals surface area contributed by atoms with Gasteiger partial charge in [0.2, 0.25) is 0 Å². The first-order valence-corrected chi connectivity index (χ1v) is 6.35. The summed E-state index contributed by atoms with van der Waals surface area (Å²) in [6.07, 6.45) is 4.79. The van der Waals surface area contributed by atoms with Gasteiger partial charge in [0, 0.05) is 20.2 Å². The van der Waals surface area contributed by atoms with Crippen molar-refractivity contribution in [1.82, 2.24) is 9.97 Å². The van der Waals surface area contributed by atoms with Crippen LogP contribution in [0.15, 0.2) is 30.5 Å². The van der Waals surface area contributed by atoms with Crippen LogP contribution in [0, 0.1) is 0 Å². The molecule has 0 aliphatic rings. The minimum atomic E-state index is 0.277. The summed E-state index contributed by atoms with van der Waals surface area (Å²) in [6.45, 7) is 1.21. The van der Waals surface area contributed by atoms with Crippen LogP contribution in [0.3, 0.4) is 0 Å². The third-order valence-electron chi connectivity index (χ3n) is 2.98. The van der Waals surface area contributed by atoms with Crippen LogP contribution in [0.1, 0.15) is 19.3 Å². The van der Waals surface area contributed by atoms with Crippen molar-refractivity contribution in [2.45, 2.75) is 19.3 Å². The van der Waals surface area contributed by atoms with Crippen molar-refractivity contribution in [3.05, 3.63) is 30.5 Å². The third kappa shape index (κ3) is 3.17. The van der Waals surface area contributed by atoms with Gasteiger partial charge in [-0.2, -0.15) is 0 Å². The van der Waals surface area contributed by atoms with Crippen LogP contribution in [-0.2, 0) is 0 Å². The molecular weight excluding hydrogens is 226 g/mol. The number of hydrogen-bond acceptors (Lipinski definition) is 4. The van der Waals surface area contributed by atoms with Crippen LogP contribution < -0.4 is 4.90 Å². The average Bonchev–Trinajstić information content (AvgIpc) is 2.43. The number of nitrogens with zero attached hydrogens (tertiary/aromatic N) is 3. The Morgan fingerprint density at radius 3 is 2.67 bits per heavy atom. The Labute approximate surface area is 107 Å². The Morgan fingerprint density at radius 2 is 1.89 bits per heavy atom. The molecule has 1 heterocycles. The Morgan fingerprint density at radius 1 is 1.11 bits per heavy atom. The summed E-state index contributed by atoms with van der Waals surface area (Å²) < 4.78 is 0. The maximum absolute atomic E-state index is 8.73. The molecule has 0 bridgehead atoms. The van der Waals surface area contributed by atoms with Gasteiger partial charge in [0.1, 0.15) is 5.82 Å². The lowest BCUT2D eigenvalue weighted by Gasteiger charge is -2.17. The predicted molar refractivity (Wildman–Crippen MR) is 73.7 cm³/mol. The van der Waals surface area contributed by atoms with E-state index < -0.39 is 0 Å². The molecule has 2 rings (SSSR count). The highest BCUT2D eigenvalue weighted by atomic mass is 16.2. The van der Waals surface area contributed by atoms with E-state index in [1.807, 2.05) is 37.5 Å². The summed E-state index contributed by atoms with van der Waals surface area (Å²) in [6, 6.07) is 7.89. The van der Waals surface area contributed by atoms with Gasteiger partial charge in [0.15, 0.2) is 0 Å². The van der Waals surface area contributed by atoms with E-state index in [9.17, 15) is 0 Å². The number of anilines is 1. The molecule has 0 fully saturated rings. The normalized spacial score (nSPS) is 10.8. The number of fused-ring (bicyclic) bond motifs is 1. The fraction of sp³-hybridized carbons (Fsp3) is 0.429. The standard InChI is InChI=1S/C14H19N3O/c1-17(9-5-2-6-10-18)14-11-15-12-7-3-4-8-13(12)16-14/h3-4,7-8,11,18H,2,5-6,9-10H2,1H3. The minimum absolute atomic E-state index is 0.277. The summed E-state index contributed by atoms with van der Waals surface area (Å²) in [5.41, 5.74) is 1.85. The number of aromatic nitrogens is 2. The van der Waals surface area contributed by atoms with Gasteiger partial charge in [-0.25, -0.2) is 4.98 Å². The summed E-state index contributed by atoms with van der Waals surface area (Å²) in [5, 5.41) is 8.73. The fourth-order valence-electron chi connectivity index (χ4n) is 1.88. The summed E-state index contributed by atoms with van der Waals surface area (Å²) in [5.74, 6) is 0.901. The van der Waals surface area contributed by atoms with Gasteiger partial charge in [-0.05, 0) is 31.4 Å². The first-order chi connectivity index (χ1) is 8.81. The van der Waals surface area contributed by atoms with E-state index in [4.69, 9.17) is 5.11 Å². The van der Waals surface area contributed by atoms with Gasteiger partial charge in [-0.1, -0.05) is 12.1 Å². The van der Waals surface area contributed by atoms with Gasteiger partial charge >= 0.3 is 0 Å². The van der Waals surface area contributed by atoms with Crippen LogP contribution in [0.5, 0.6) is 0 Å². The SMILES string of the molecule is CN(CCCCCO)c1cnc2ccccc2n1. The first kappa shape index (κ1) is 12.8. The molecule has 1 aromatic carbocycles. The van der Waals surface area contributed by atoms with Crippen molar-refractivity contribution in [3.63, 3.8) is 0 Å². The second-order valence-electron chi connectivity index (χ2n) is 4.42. The molecular formula is C14H19N3O. The lowest BCUT2D eigenvalue weighted by atomic mass is 10.2. The van der Waals surface area contributed by atoms with Crippen molar-refractivity contribution in [2.24, 2.45) is 0 Å². The van der Waals surface area contributed by atoms with Gasteiger partial charge in [0.25, 0.3) is 0 Å². The largest absolute Gasteiger partial charge is 0.396 e. The molecule has 1 N–H and O–H groups in total. The maximum atomic E-state index is 8.73. The van der Waals surface area contributed by atoms with Crippen molar-refractivity contribution >= 4 is 16.9 Å². The van der Waals surface area contributed by atoms with E-state index in [1.165, 1.54) is 0 Å². The van der Waals surface area contributed by atoms with Crippen molar-refractivity contribution in [3.8, 4) is 0 Å². The maximum Gasteiger partial charge on any atom is 0.147 e. The molecule has 4 heteroatoms. The summed E-state index contributed by atoms with van der Waals surface area (Å²) >= 11 is 0. The first-order valence-electron chi connectivity index (χ1n) is 6.35.